The van der Waals surface area contributed by atoms with E-state index in [4.69, 9.17) is 9.84 Å². The Kier molecular flexibility index (Phi) is 5.27. The van der Waals surface area contributed by atoms with Crippen LogP contribution in [0, 0.1) is 5.92 Å². The largest absolute Gasteiger partial charge is 0.491 e. The van der Waals surface area contributed by atoms with Crippen LogP contribution in [-0.2, 0) is 4.79 Å². The minimum Gasteiger partial charge on any atom is -0.491 e. The Morgan fingerprint density at radius 2 is 2.20 bits per heavy atom. The molecule has 0 bridgehead atoms. The van der Waals surface area contributed by atoms with Crippen LogP contribution in [0.4, 0.5) is 5.69 Å². The maximum Gasteiger partial charge on any atom is 0.306 e. The van der Waals surface area contributed by atoms with Crippen LogP contribution in [-0.4, -0.2) is 23.7 Å². The van der Waals surface area contributed by atoms with Gasteiger partial charge in [-0.25, -0.2) is 0 Å². The Bertz CT molecular complexity index is 447. The van der Waals surface area contributed by atoms with Crippen molar-refractivity contribution < 1.29 is 14.6 Å². The fourth-order valence-corrected chi connectivity index (χ4v) is 2.69. The first-order chi connectivity index (χ1) is 9.70. The lowest BCUT2D eigenvalue weighted by atomic mass is 9.85. The maximum absolute atomic E-state index is 11.1. The number of aliphatic carboxylic acids is 1. The van der Waals surface area contributed by atoms with Gasteiger partial charge in [0.25, 0.3) is 0 Å². The molecule has 1 aromatic rings. The summed E-state index contributed by atoms with van der Waals surface area (Å²) in [6.07, 6.45) is 4.44. The van der Waals surface area contributed by atoms with E-state index in [9.17, 15) is 4.79 Å². The lowest BCUT2D eigenvalue weighted by molar-refractivity contribution is -0.142. The van der Waals surface area contributed by atoms with Gasteiger partial charge in [0.05, 0.1) is 18.2 Å². The molecule has 1 aliphatic carbocycles. The molecule has 0 aliphatic heterocycles. The summed E-state index contributed by atoms with van der Waals surface area (Å²) in [6, 6.07) is 8.09. The number of hydrogen-bond donors (Lipinski definition) is 2. The molecular weight excluding hydrogens is 254 g/mol. The van der Waals surface area contributed by atoms with Crippen LogP contribution in [0.2, 0.25) is 0 Å². The lowest BCUT2D eigenvalue weighted by Crippen LogP contribution is -2.31. The summed E-state index contributed by atoms with van der Waals surface area (Å²) < 4.78 is 5.72. The van der Waals surface area contributed by atoms with E-state index in [1.165, 1.54) is 0 Å². The van der Waals surface area contributed by atoms with Crippen LogP contribution in [0.25, 0.3) is 0 Å². The number of ether oxygens (including phenoxy) is 1. The van der Waals surface area contributed by atoms with Crippen molar-refractivity contribution in [3.63, 3.8) is 0 Å². The molecule has 0 spiro atoms. The molecule has 4 heteroatoms. The summed E-state index contributed by atoms with van der Waals surface area (Å²) in [6.45, 7) is 2.77. The zero-order chi connectivity index (χ0) is 14.4. The number of carboxylic acids is 1. The third-order valence-electron chi connectivity index (χ3n) is 3.73. The third kappa shape index (κ3) is 3.89. The first-order valence-electron chi connectivity index (χ1n) is 7.42. The van der Waals surface area contributed by atoms with Crippen molar-refractivity contribution in [1.82, 2.24) is 0 Å². The molecule has 2 rings (SSSR count). The normalized spacial score (nSPS) is 22.2. The second-order valence-corrected chi connectivity index (χ2v) is 5.39. The SMILES string of the molecule is CCCOc1ccccc1NC1CCCC(C(=O)O)C1. The van der Waals surface area contributed by atoms with Crippen molar-refractivity contribution in [2.24, 2.45) is 5.92 Å². The molecule has 2 atom stereocenters. The summed E-state index contributed by atoms with van der Waals surface area (Å²) in [5.74, 6) is -0.0382. The molecule has 1 aliphatic rings. The van der Waals surface area contributed by atoms with Crippen molar-refractivity contribution >= 4 is 11.7 Å². The molecule has 0 radical (unpaired) electrons. The fraction of sp³-hybridized carbons (Fsp3) is 0.562. The molecular formula is C16H23NO3. The fourth-order valence-electron chi connectivity index (χ4n) is 2.69. The third-order valence-corrected chi connectivity index (χ3v) is 3.73. The van der Waals surface area contributed by atoms with Crippen molar-refractivity contribution in [1.29, 1.82) is 0 Å². The zero-order valence-electron chi connectivity index (χ0n) is 12.0. The summed E-state index contributed by atoms with van der Waals surface area (Å²) >= 11 is 0. The van der Waals surface area contributed by atoms with E-state index in [-0.39, 0.29) is 12.0 Å². The monoisotopic (exact) mass is 277 g/mol. The van der Waals surface area contributed by atoms with Gasteiger partial charge in [-0.3, -0.25) is 4.79 Å². The van der Waals surface area contributed by atoms with Crippen LogP contribution in [0.5, 0.6) is 5.75 Å². The number of nitrogens with one attached hydrogen (secondary N) is 1. The van der Waals surface area contributed by atoms with Crippen LogP contribution in [0.3, 0.4) is 0 Å². The highest BCUT2D eigenvalue weighted by atomic mass is 16.5. The van der Waals surface area contributed by atoms with Gasteiger partial charge in [-0.1, -0.05) is 25.5 Å². The highest BCUT2D eigenvalue weighted by Crippen LogP contribution is 2.30. The van der Waals surface area contributed by atoms with Crippen molar-refractivity contribution in [3.8, 4) is 5.75 Å². The standard InChI is InChI=1S/C16H23NO3/c1-2-10-20-15-9-4-3-8-14(15)17-13-7-5-6-12(11-13)16(18)19/h3-4,8-9,12-13,17H,2,5-7,10-11H2,1H3,(H,18,19). The number of anilines is 1. The molecule has 0 aromatic heterocycles. The first-order valence-corrected chi connectivity index (χ1v) is 7.42. The summed E-state index contributed by atoms with van der Waals surface area (Å²) in [7, 11) is 0. The van der Waals surface area contributed by atoms with Gasteiger partial charge in [0.2, 0.25) is 0 Å². The maximum atomic E-state index is 11.1. The molecule has 1 fully saturated rings. The molecule has 2 N–H and O–H groups in total. The second kappa shape index (κ2) is 7.17. The van der Waals surface area contributed by atoms with Gasteiger partial charge in [-0.05, 0) is 37.8 Å². The van der Waals surface area contributed by atoms with E-state index in [1.54, 1.807) is 0 Å². The molecule has 1 aromatic carbocycles. The molecule has 4 nitrogen and oxygen atoms in total. The van der Waals surface area contributed by atoms with Gasteiger partial charge in [0.15, 0.2) is 0 Å². The number of benzene rings is 1. The van der Waals surface area contributed by atoms with E-state index in [0.29, 0.717) is 13.0 Å². The minimum absolute atomic E-state index is 0.218. The van der Waals surface area contributed by atoms with E-state index in [1.807, 2.05) is 24.3 Å². The molecule has 110 valence electrons. The number of carbonyl (C=O) groups is 1. The van der Waals surface area contributed by atoms with Crippen LogP contribution >= 0.6 is 0 Å². The summed E-state index contributed by atoms with van der Waals surface area (Å²) in [4.78, 5) is 11.1. The predicted molar refractivity (Wildman–Crippen MR) is 79.2 cm³/mol. The number of hydrogen-bond acceptors (Lipinski definition) is 3. The van der Waals surface area contributed by atoms with E-state index >= 15 is 0 Å². The topological polar surface area (TPSA) is 58.6 Å². The van der Waals surface area contributed by atoms with Crippen LogP contribution in [0.15, 0.2) is 24.3 Å². The van der Waals surface area contributed by atoms with Crippen LogP contribution in [0.1, 0.15) is 39.0 Å². The Morgan fingerprint density at radius 3 is 2.95 bits per heavy atom. The Morgan fingerprint density at radius 1 is 1.40 bits per heavy atom. The van der Waals surface area contributed by atoms with Gasteiger partial charge in [-0.2, -0.15) is 0 Å². The van der Waals surface area contributed by atoms with E-state index < -0.39 is 5.97 Å². The molecule has 0 saturated heterocycles. The van der Waals surface area contributed by atoms with Gasteiger partial charge >= 0.3 is 5.97 Å². The average Bonchev–Trinajstić information content (AvgIpc) is 2.46. The van der Waals surface area contributed by atoms with Gasteiger partial charge in [-0.15, -0.1) is 0 Å². The van der Waals surface area contributed by atoms with E-state index in [2.05, 4.69) is 12.2 Å². The summed E-state index contributed by atoms with van der Waals surface area (Å²) in [5, 5.41) is 12.6. The second-order valence-electron chi connectivity index (χ2n) is 5.39. The van der Waals surface area contributed by atoms with Crippen molar-refractivity contribution in [2.45, 2.75) is 45.1 Å². The highest BCUT2D eigenvalue weighted by Gasteiger charge is 2.27. The van der Waals surface area contributed by atoms with Gasteiger partial charge in [0, 0.05) is 6.04 Å². The lowest BCUT2D eigenvalue weighted by Gasteiger charge is -2.28. The van der Waals surface area contributed by atoms with Gasteiger partial charge in [0.1, 0.15) is 5.75 Å². The number of para-hydroxylation sites is 2. The summed E-state index contributed by atoms with van der Waals surface area (Å²) in [5.41, 5.74) is 0.969. The first kappa shape index (κ1) is 14.7. The van der Waals surface area contributed by atoms with Crippen molar-refractivity contribution in [3.05, 3.63) is 24.3 Å². The Balaban J connectivity index is 2.00. The molecule has 0 heterocycles. The number of carboxylic acid groups (broad SMARTS) is 1. The number of rotatable bonds is 6. The zero-order valence-corrected chi connectivity index (χ0v) is 12.0. The Hall–Kier alpha value is -1.71. The smallest absolute Gasteiger partial charge is 0.306 e. The van der Waals surface area contributed by atoms with Crippen LogP contribution < -0.4 is 10.1 Å². The minimum atomic E-state index is -0.674. The highest BCUT2D eigenvalue weighted by molar-refractivity contribution is 5.70. The molecule has 1 saturated carbocycles. The van der Waals surface area contributed by atoms with E-state index in [0.717, 1.165) is 37.1 Å². The molecule has 20 heavy (non-hydrogen) atoms. The van der Waals surface area contributed by atoms with Gasteiger partial charge < -0.3 is 15.2 Å². The quantitative estimate of drug-likeness (QED) is 0.835. The van der Waals surface area contributed by atoms with Crippen molar-refractivity contribution in [2.75, 3.05) is 11.9 Å². The predicted octanol–water partition coefficient (Wildman–Crippen LogP) is 3.53. The molecule has 0 amide bonds. The Labute approximate surface area is 120 Å². The molecule has 2 unspecified atom stereocenters. The average molecular weight is 277 g/mol.